The summed E-state index contributed by atoms with van der Waals surface area (Å²) in [5.41, 5.74) is 3.10. The molecule has 0 aliphatic heterocycles. The van der Waals surface area contributed by atoms with Crippen molar-refractivity contribution in [3.05, 3.63) is 76.8 Å². The molecule has 1 aromatic heterocycles. The molecule has 0 bridgehead atoms. The lowest BCUT2D eigenvalue weighted by Crippen LogP contribution is -2.34. The first-order valence-electron chi connectivity index (χ1n) is 9.54. The third-order valence-corrected chi connectivity index (χ3v) is 6.18. The molecule has 4 rings (SSSR count). The molecule has 1 amide bonds. The number of amides is 1. The predicted octanol–water partition coefficient (Wildman–Crippen LogP) is 6.25. The van der Waals surface area contributed by atoms with Crippen LogP contribution in [0.5, 0.6) is 5.75 Å². The highest BCUT2D eigenvalue weighted by Gasteiger charge is 2.14. The van der Waals surface area contributed by atoms with Crippen LogP contribution in [0.4, 0.5) is 5.69 Å². The van der Waals surface area contributed by atoms with Crippen molar-refractivity contribution in [1.82, 2.24) is 10.3 Å². The van der Waals surface area contributed by atoms with Crippen molar-refractivity contribution in [3.8, 4) is 16.3 Å². The Hall–Kier alpha value is -2.81. The van der Waals surface area contributed by atoms with Gasteiger partial charge >= 0.3 is 0 Å². The highest BCUT2D eigenvalue weighted by atomic mass is 79.9. The number of fused-ring (bicyclic) bond motifs is 1. The second-order valence-electron chi connectivity index (χ2n) is 6.54. The molecular weight excluding hydrogens is 494 g/mol. The molecule has 3 aromatic carbocycles. The standard InChI is InChI=1S/C23H18BrN3O2S2/c1-2-29-16-10-7-14(8-11-16)21(28)27-23(30)26-18-12-9-15(24)13-17(18)22-25-19-5-3-4-6-20(19)31-22/h3-13H,2H2,1H3,(H2,26,27,28,30). The van der Waals surface area contributed by atoms with Crippen LogP contribution in [0.2, 0.25) is 0 Å². The molecule has 8 heteroatoms. The summed E-state index contributed by atoms with van der Waals surface area (Å²) in [6.45, 7) is 2.49. The van der Waals surface area contributed by atoms with Crippen LogP contribution in [0.1, 0.15) is 17.3 Å². The van der Waals surface area contributed by atoms with Crippen molar-refractivity contribution in [3.63, 3.8) is 0 Å². The van der Waals surface area contributed by atoms with Gasteiger partial charge in [-0.1, -0.05) is 28.1 Å². The highest BCUT2D eigenvalue weighted by molar-refractivity contribution is 9.10. The van der Waals surface area contributed by atoms with E-state index in [1.165, 1.54) is 0 Å². The second-order valence-corrected chi connectivity index (χ2v) is 8.90. The number of hydrogen-bond acceptors (Lipinski definition) is 5. The average molecular weight is 512 g/mol. The van der Waals surface area contributed by atoms with Gasteiger partial charge in [-0.2, -0.15) is 0 Å². The Bertz CT molecular complexity index is 1220. The molecule has 2 N–H and O–H groups in total. The average Bonchev–Trinajstić information content (AvgIpc) is 3.20. The molecule has 156 valence electrons. The van der Waals surface area contributed by atoms with Gasteiger partial charge in [0.05, 0.1) is 22.5 Å². The largest absolute Gasteiger partial charge is 0.494 e. The van der Waals surface area contributed by atoms with Gasteiger partial charge in [0.15, 0.2) is 5.11 Å². The SMILES string of the molecule is CCOc1ccc(C(=O)NC(=S)Nc2ccc(Br)cc2-c2nc3ccccc3s2)cc1. The van der Waals surface area contributed by atoms with Crippen LogP contribution in [-0.4, -0.2) is 22.6 Å². The quantitative estimate of drug-likeness (QED) is 0.310. The number of benzene rings is 3. The number of anilines is 1. The number of thiazole rings is 1. The lowest BCUT2D eigenvalue weighted by atomic mass is 10.2. The van der Waals surface area contributed by atoms with Gasteiger partial charge in [-0.3, -0.25) is 10.1 Å². The van der Waals surface area contributed by atoms with Crippen molar-refractivity contribution in [1.29, 1.82) is 0 Å². The van der Waals surface area contributed by atoms with Crippen molar-refractivity contribution in [2.45, 2.75) is 6.92 Å². The molecule has 1 heterocycles. The minimum absolute atomic E-state index is 0.212. The number of aromatic nitrogens is 1. The smallest absolute Gasteiger partial charge is 0.257 e. The van der Waals surface area contributed by atoms with Crippen LogP contribution in [0.3, 0.4) is 0 Å². The summed E-state index contributed by atoms with van der Waals surface area (Å²) in [5, 5.41) is 6.94. The maximum Gasteiger partial charge on any atom is 0.257 e. The first-order valence-corrected chi connectivity index (χ1v) is 11.6. The number of nitrogens with one attached hydrogen (secondary N) is 2. The zero-order chi connectivity index (χ0) is 21.8. The van der Waals surface area contributed by atoms with Crippen molar-refractivity contribution in [2.24, 2.45) is 0 Å². The fourth-order valence-corrected chi connectivity index (χ4v) is 4.55. The molecule has 31 heavy (non-hydrogen) atoms. The maximum absolute atomic E-state index is 12.5. The summed E-state index contributed by atoms with van der Waals surface area (Å²) in [5.74, 6) is 0.425. The molecular formula is C23H18BrN3O2S2. The fraction of sp³-hybridized carbons (Fsp3) is 0.0870. The normalized spacial score (nSPS) is 10.6. The summed E-state index contributed by atoms with van der Waals surface area (Å²) in [6.07, 6.45) is 0. The number of carbonyl (C=O) groups is 1. The lowest BCUT2D eigenvalue weighted by Gasteiger charge is -2.13. The summed E-state index contributed by atoms with van der Waals surface area (Å²) < 4.78 is 7.44. The molecule has 4 aromatic rings. The Kier molecular flexibility index (Phi) is 6.60. The van der Waals surface area contributed by atoms with E-state index in [-0.39, 0.29) is 11.0 Å². The molecule has 0 radical (unpaired) electrons. The van der Waals surface area contributed by atoms with Gasteiger partial charge in [-0.25, -0.2) is 4.98 Å². The second kappa shape index (κ2) is 9.55. The lowest BCUT2D eigenvalue weighted by molar-refractivity contribution is 0.0977. The van der Waals surface area contributed by atoms with Crippen LogP contribution in [0, 0.1) is 0 Å². The van der Waals surface area contributed by atoms with E-state index >= 15 is 0 Å². The number of carbonyl (C=O) groups excluding carboxylic acids is 1. The molecule has 0 spiro atoms. The number of para-hydroxylation sites is 1. The van der Waals surface area contributed by atoms with E-state index in [4.69, 9.17) is 21.9 Å². The topological polar surface area (TPSA) is 63.2 Å². The van der Waals surface area contributed by atoms with Crippen LogP contribution < -0.4 is 15.4 Å². The molecule has 0 aliphatic rings. The third-order valence-electron chi connectivity index (χ3n) is 4.41. The van der Waals surface area contributed by atoms with E-state index in [0.29, 0.717) is 12.2 Å². The van der Waals surface area contributed by atoms with Gasteiger partial charge in [0.2, 0.25) is 0 Å². The zero-order valence-electron chi connectivity index (χ0n) is 16.5. The Labute approximate surface area is 197 Å². The third kappa shape index (κ3) is 5.10. The Morgan fingerprint density at radius 2 is 1.90 bits per heavy atom. The molecule has 0 fully saturated rings. The van der Waals surface area contributed by atoms with Crippen LogP contribution in [-0.2, 0) is 0 Å². The number of ether oxygens (including phenoxy) is 1. The number of hydrogen-bond donors (Lipinski definition) is 2. The number of nitrogens with zero attached hydrogens (tertiary/aromatic N) is 1. The highest BCUT2D eigenvalue weighted by Crippen LogP contribution is 2.36. The zero-order valence-corrected chi connectivity index (χ0v) is 19.7. The van der Waals surface area contributed by atoms with Crippen molar-refractivity contribution < 1.29 is 9.53 Å². The summed E-state index contributed by atoms with van der Waals surface area (Å²) in [6, 6.07) is 20.7. The van der Waals surface area contributed by atoms with E-state index in [1.54, 1.807) is 35.6 Å². The Morgan fingerprint density at radius 1 is 1.13 bits per heavy atom. The fourth-order valence-electron chi connectivity index (χ4n) is 2.99. The molecule has 0 atom stereocenters. The molecule has 0 saturated carbocycles. The van der Waals surface area contributed by atoms with Crippen LogP contribution in [0.25, 0.3) is 20.8 Å². The van der Waals surface area contributed by atoms with Crippen LogP contribution in [0.15, 0.2) is 71.2 Å². The Morgan fingerprint density at radius 3 is 2.65 bits per heavy atom. The van der Waals surface area contributed by atoms with Gasteiger partial charge in [0.1, 0.15) is 10.8 Å². The van der Waals surface area contributed by atoms with E-state index in [2.05, 4.69) is 26.6 Å². The van der Waals surface area contributed by atoms with Gasteiger partial charge in [-0.15, -0.1) is 11.3 Å². The van der Waals surface area contributed by atoms with E-state index in [0.717, 1.165) is 36.7 Å². The van der Waals surface area contributed by atoms with Gasteiger partial charge in [0, 0.05) is 15.6 Å². The number of halogens is 1. The van der Waals surface area contributed by atoms with Crippen molar-refractivity contribution in [2.75, 3.05) is 11.9 Å². The predicted molar refractivity (Wildman–Crippen MR) is 134 cm³/mol. The summed E-state index contributed by atoms with van der Waals surface area (Å²) in [7, 11) is 0. The van der Waals surface area contributed by atoms with Crippen LogP contribution >= 0.6 is 39.5 Å². The monoisotopic (exact) mass is 511 g/mol. The number of thiocarbonyl (C=S) groups is 1. The van der Waals surface area contributed by atoms with Crippen molar-refractivity contribution >= 4 is 66.4 Å². The molecule has 0 unspecified atom stereocenters. The van der Waals surface area contributed by atoms with Gasteiger partial charge in [-0.05, 0) is 73.7 Å². The minimum Gasteiger partial charge on any atom is -0.494 e. The van der Waals surface area contributed by atoms with E-state index in [9.17, 15) is 4.79 Å². The van der Waals surface area contributed by atoms with Gasteiger partial charge < -0.3 is 10.1 Å². The van der Waals surface area contributed by atoms with Gasteiger partial charge in [0.25, 0.3) is 5.91 Å². The van der Waals surface area contributed by atoms with E-state index < -0.39 is 0 Å². The maximum atomic E-state index is 12.5. The molecule has 5 nitrogen and oxygen atoms in total. The molecule has 0 saturated heterocycles. The number of rotatable bonds is 5. The molecule has 0 aliphatic carbocycles. The first-order chi connectivity index (χ1) is 15.0. The summed E-state index contributed by atoms with van der Waals surface area (Å²) in [4.78, 5) is 17.3. The summed E-state index contributed by atoms with van der Waals surface area (Å²) >= 11 is 10.5. The minimum atomic E-state index is -0.292. The van der Waals surface area contributed by atoms with E-state index in [1.807, 2.05) is 49.4 Å². The first kappa shape index (κ1) is 21.4. The Balaban J connectivity index is 1.52.